The quantitative estimate of drug-likeness (QED) is 0.782. The Bertz CT molecular complexity index is 628. The average Bonchev–Trinajstić information content (AvgIpc) is 2.46. The van der Waals surface area contributed by atoms with Crippen LogP contribution in [0.3, 0.4) is 0 Å². The Morgan fingerprint density at radius 1 is 1.19 bits per heavy atom. The minimum Gasteiger partial charge on any atom is -0.310 e. The molecule has 0 saturated carbocycles. The Hall–Kier alpha value is -1.09. The molecular formula is C17H18Cl2FN. The molecule has 1 nitrogen and oxygen atoms in total. The van der Waals surface area contributed by atoms with Crippen molar-refractivity contribution in [2.45, 2.75) is 26.3 Å². The van der Waals surface area contributed by atoms with Gasteiger partial charge in [-0.15, -0.1) is 0 Å². The van der Waals surface area contributed by atoms with Crippen LogP contribution in [0.5, 0.6) is 0 Å². The van der Waals surface area contributed by atoms with E-state index >= 15 is 0 Å². The molecule has 0 heterocycles. The van der Waals surface area contributed by atoms with E-state index < -0.39 is 0 Å². The largest absolute Gasteiger partial charge is 0.310 e. The standard InChI is InChI=1S/C17H18Cl2FN/c1-3-21-16(14-10-13(18)8-7-11(14)2)9-12-5-4-6-15(20)17(12)19/h4-8,10,16,21H,3,9H2,1-2H3. The lowest BCUT2D eigenvalue weighted by Gasteiger charge is -2.21. The number of aryl methyl sites for hydroxylation is 1. The van der Waals surface area contributed by atoms with Gasteiger partial charge in [0.15, 0.2) is 0 Å². The zero-order valence-electron chi connectivity index (χ0n) is 12.1. The fourth-order valence-electron chi connectivity index (χ4n) is 2.45. The van der Waals surface area contributed by atoms with Gasteiger partial charge >= 0.3 is 0 Å². The van der Waals surface area contributed by atoms with Gasteiger partial charge in [0.25, 0.3) is 0 Å². The molecule has 1 atom stereocenters. The first kappa shape index (κ1) is 16.3. The molecule has 0 spiro atoms. The van der Waals surface area contributed by atoms with Gasteiger partial charge in [0.2, 0.25) is 0 Å². The van der Waals surface area contributed by atoms with Crippen molar-refractivity contribution in [1.29, 1.82) is 0 Å². The van der Waals surface area contributed by atoms with Gasteiger partial charge in [0.1, 0.15) is 5.82 Å². The number of likely N-dealkylation sites (N-methyl/N-ethyl adjacent to an activating group) is 1. The van der Waals surface area contributed by atoms with E-state index in [1.54, 1.807) is 6.07 Å². The van der Waals surface area contributed by atoms with Gasteiger partial charge in [0, 0.05) is 11.1 Å². The van der Waals surface area contributed by atoms with Gasteiger partial charge in [-0.25, -0.2) is 4.39 Å². The predicted molar refractivity (Wildman–Crippen MR) is 87.7 cm³/mol. The lowest BCUT2D eigenvalue weighted by Crippen LogP contribution is -2.24. The molecule has 0 amide bonds. The fraction of sp³-hybridized carbons (Fsp3) is 0.294. The van der Waals surface area contributed by atoms with Crippen molar-refractivity contribution in [2.75, 3.05) is 6.54 Å². The van der Waals surface area contributed by atoms with Crippen LogP contribution in [0.15, 0.2) is 36.4 Å². The molecule has 0 aliphatic carbocycles. The summed E-state index contributed by atoms with van der Waals surface area (Å²) in [5, 5.41) is 4.31. The molecule has 0 fully saturated rings. The number of rotatable bonds is 5. The van der Waals surface area contributed by atoms with Crippen molar-refractivity contribution in [2.24, 2.45) is 0 Å². The molecule has 21 heavy (non-hydrogen) atoms. The zero-order valence-corrected chi connectivity index (χ0v) is 13.6. The van der Waals surface area contributed by atoms with Gasteiger partial charge in [-0.1, -0.05) is 48.3 Å². The van der Waals surface area contributed by atoms with E-state index in [2.05, 4.69) is 5.32 Å². The summed E-state index contributed by atoms with van der Waals surface area (Å²) in [4.78, 5) is 0. The van der Waals surface area contributed by atoms with Crippen molar-refractivity contribution in [1.82, 2.24) is 5.32 Å². The maximum Gasteiger partial charge on any atom is 0.142 e. The van der Waals surface area contributed by atoms with Crippen molar-refractivity contribution in [3.63, 3.8) is 0 Å². The van der Waals surface area contributed by atoms with E-state index in [0.29, 0.717) is 11.4 Å². The van der Waals surface area contributed by atoms with Crippen LogP contribution in [0.25, 0.3) is 0 Å². The Morgan fingerprint density at radius 3 is 2.67 bits per heavy atom. The Balaban J connectivity index is 2.35. The average molecular weight is 326 g/mol. The van der Waals surface area contributed by atoms with Crippen LogP contribution in [-0.4, -0.2) is 6.54 Å². The number of nitrogens with one attached hydrogen (secondary N) is 1. The SMILES string of the molecule is CCNC(Cc1cccc(F)c1Cl)c1cc(Cl)ccc1C. The van der Waals surface area contributed by atoms with Crippen LogP contribution in [0.4, 0.5) is 4.39 Å². The first-order valence-corrected chi connectivity index (χ1v) is 7.70. The Morgan fingerprint density at radius 2 is 1.95 bits per heavy atom. The second-order valence-electron chi connectivity index (χ2n) is 5.03. The van der Waals surface area contributed by atoms with Gasteiger partial charge in [-0.2, -0.15) is 0 Å². The molecule has 2 aromatic carbocycles. The highest BCUT2D eigenvalue weighted by Gasteiger charge is 2.16. The fourth-order valence-corrected chi connectivity index (χ4v) is 2.83. The molecular weight excluding hydrogens is 308 g/mol. The molecule has 2 rings (SSSR count). The van der Waals surface area contributed by atoms with E-state index in [0.717, 1.165) is 23.2 Å². The normalized spacial score (nSPS) is 12.4. The molecule has 1 N–H and O–H groups in total. The molecule has 112 valence electrons. The van der Waals surface area contributed by atoms with Crippen LogP contribution in [0, 0.1) is 12.7 Å². The lowest BCUT2D eigenvalue weighted by atomic mass is 9.95. The summed E-state index contributed by atoms with van der Waals surface area (Å²) >= 11 is 12.2. The minimum absolute atomic E-state index is 0.0491. The van der Waals surface area contributed by atoms with Crippen LogP contribution < -0.4 is 5.32 Å². The van der Waals surface area contributed by atoms with Crippen LogP contribution in [0.1, 0.15) is 29.7 Å². The predicted octanol–water partition coefficient (Wildman–Crippen LogP) is 5.33. The van der Waals surface area contributed by atoms with E-state index in [1.807, 2.05) is 38.1 Å². The van der Waals surface area contributed by atoms with Gasteiger partial charge < -0.3 is 5.32 Å². The van der Waals surface area contributed by atoms with Crippen molar-refractivity contribution < 1.29 is 4.39 Å². The number of hydrogen-bond donors (Lipinski definition) is 1. The second kappa shape index (κ2) is 7.26. The Kier molecular flexibility index (Phi) is 5.63. The molecule has 0 aromatic heterocycles. The topological polar surface area (TPSA) is 12.0 Å². The third kappa shape index (κ3) is 3.97. The summed E-state index contributed by atoms with van der Waals surface area (Å²) in [7, 11) is 0. The van der Waals surface area contributed by atoms with Gasteiger partial charge in [-0.3, -0.25) is 0 Å². The van der Waals surface area contributed by atoms with Crippen LogP contribution in [0.2, 0.25) is 10.0 Å². The van der Waals surface area contributed by atoms with E-state index in [4.69, 9.17) is 23.2 Å². The molecule has 1 unspecified atom stereocenters. The molecule has 0 aliphatic rings. The van der Waals surface area contributed by atoms with Gasteiger partial charge in [-0.05, 0) is 54.8 Å². The molecule has 2 aromatic rings. The van der Waals surface area contributed by atoms with E-state index in [1.165, 1.54) is 6.07 Å². The highest BCUT2D eigenvalue weighted by molar-refractivity contribution is 6.31. The lowest BCUT2D eigenvalue weighted by molar-refractivity contribution is 0.544. The maximum absolute atomic E-state index is 13.6. The summed E-state index contributed by atoms with van der Waals surface area (Å²) in [6, 6.07) is 10.8. The minimum atomic E-state index is -0.382. The van der Waals surface area contributed by atoms with E-state index in [-0.39, 0.29) is 16.9 Å². The number of halogens is 3. The zero-order chi connectivity index (χ0) is 15.4. The summed E-state index contributed by atoms with van der Waals surface area (Å²) in [5.74, 6) is -0.382. The molecule has 4 heteroatoms. The second-order valence-corrected chi connectivity index (χ2v) is 5.84. The molecule has 0 saturated heterocycles. The summed E-state index contributed by atoms with van der Waals surface area (Å²) in [6.07, 6.45) is 0.617. The first-order valence-electron chi connectivity index (χ1n) is 6.95. The summed E-state index contributed by atoms with van der Waals surface area (Å²) in [5.41, 5.74) is 3.06. The first-order chi connectivity index (χ1) is 10.0. The highest BCUT2D eigenvalue weighted by atomic mass is 35.5. The number of benzene rings is 2. The molecule has 0 radical (unpaired) electrons. The molecule has 0 aliphatic heterocycles. The number of hydrogen-bond acceptors (Lipinski definition) is 1. The summed E-state index contributed by atoms with van der Waals surface area (Å²) in [6.45, 7) is 4.90. The van der Waals surface area contributed by atoms with E-state index in [9.17, 15) is 4.39 Å². The third-order valence-electron chi connectivity index (χ3n) is 3.52. The maximum atomic E-state index is 13.6. The van der Waals surface area contributed by atoms with Crippen molar-refractivity contribution >= 4 is 23.2 Å². The van der Waals surface area contributed by atoms with Crippen LogP contribution in [-0.2, 0) is 6.42 Å². The van der Waals surface area contributed by atoms with Crippen molar-refractivity contribution in [3.8, 4) is 0 Å². The third-order valence-corrected chi connectivity index (χ3v) is 4.18. The Labute approximate surface area is 135 Å². The van der Waals surface area contributed by atoms with Crippen molar-refractivity contribution in [3.05, 3.63) is 69.0 Å². The summed E-state index contributed by atoms with van der Waals surface area (Å²) < 4.78 is 13.6. The smallest absolute Gasteiger partial charge is 0.142 e. The van der Waals surface area contributed by atoms with Crippen LogP contribution >= 0.6 is 23.2 Å². The molecule has 0 bridgehead atoms. The van der Waals surface area contributed by atoms with Gasteiger partial charge in [0.05, 0.1) is 5.02 Å². The monoisotopic (exact) mass is 325 g/mol. The highest BCUT2D eigenvalue weighted by Crippen LogP contribution is 2.28.